The number of benzene rings is 1. The zero-order chi connectivity index (χ0) is 10.1. The van der Waals surface area contributed by atoms with Crippen LogP contribution in [-0.2, 0) is 10.3 Å². The van der Waals surface area contributed by atoms with Gasteiger partial charge in [0.15, 0.2) is 0 Å². The largest absolute Gasteiger partial charge is 0.399 e. The molecule has 0 aliphatic heterocycles. The Morgan fingerprint density at radius 3 is 2.38 bits per heavy atom. The number of hydrogen-bond acceptors (Lipinski definition) is 2. The van der Waals surface area contributed by atoms with Crippen molar-refractivity contribution in [3.63, 3.8) is 0 Å². The van der Waals surface area contributed by atoms with Crippen LogP contribution in [0.3, 0.4) is 0 Å². The Hall–Kier alpha value is -1.02. The Labute approximate surface area is 79.7 Å². The van der Waals surface area contributed by atoms with Crippen molar-refractivity contribution < 1.29 is 4.74 Å². The number of rotatable bonds is 2. The number of anilines is 1. The highest BCUT2D eigenvalue weighted by Crippen LogP contribution is 2.26. The fourth-order valence-corrected chi connectivity index (χ4v) is 1.17. The summed E-state index contributed by atoms with van der Waals surface area (Å²) >= 11 is 0. The van der Waals surface area contributed by atoms with Gasteiger partial charge in [-0.3, -0.25) is 0 Å². The maximum absolute atomic E-state index is 5.73. The van der Waals surface area contributed by atoms with Crippen LogP contribution in [0.4, 0.5) is 5.69 Å². The van der Waals surface area contributed by atoms with Gasteiger partial charge in [-0.05, 0) is 38.0 Å². The molecular weight excluding hydrogens is 162 g/mol. The molecule has 0 aliphatic carbocycles. The molecule has 0 unspecified atom stereocenters. The lowest BCUT2D eigenvalue weighted by Crippen LogP contribution is -2.19. The molecule has 0 heterocycles. The summed E-state index contributed by atoms with van der Waals surface area (Å²) in [4.78, 5) is 0. The molecular formula is C11H17NO. The third-order valence-corrected chi connectivity index (χ3v) is 2.48. The van der Waals surface area contributed by atoms with Crippen LogP contribution < -0.4 is 5.73 Å². The monoisotopic (exact) mass is 179 g/mol. The molecule has 13 heavy (non-hydrogen) atoms. The van der Waals surface area contributed by atoms with Gasteiger partial charge in [0.25, 0.3) is 0 Å². The topological polar surface area (TPSA) is 35.2 Å². The van der Waals surface area contributed by atoms with Crippen LogP contribution in [0.1, 0.15) is 25.0 Å². The molecule has 0 radical (unpaired) electrons. The zero-order valence-corrected chi connectivity index (χ0v) is 8.72. The standard InChI is InChI=1S/C11H17NO/c1-8-7-9(5-6-10(8)12)11(2,3)13-4/h5-7H,12H2,1-4H3. The van der Waals surface area contributed by atoms with E-state index >= 15 is 0 Å². The minimum absolute atomic E-state index is 0.238. The molecule has 0 saturated heterocycles. The minimum atomic E-state index is -0.238. The maximum atomic E-state index is 5.73. The van der Waals surface area contributed by atoms with E-state index in [1.165, 1.54) is 0 Å². The summed E-state index contributed by atoms with van der Waals surface area (Å²) in [6.45, 7) is 6.08. The third-order valence-electron chi connectivity index (χ3n) is 2.48. The molecule has 72 valence electrons. The number of nitrogens with two attached hydrogens (primary N) is 1. The van der Waals surface area contributed by atoms with Gasteiger partial charge in [-0.15, -0.1) is 0 Å². The smallest absolute Gasteiger partial charge is 0.0871 e. The first-order valence-electron chi connectivity index (χ1n) is 4.39. The second-order valence-electron chi connectivity index (χ2n) is 3.79. The van der Waals surface area contributed by atoms with E-state index in [-0.39, 0.29) is 5.60 Å². The predicted molar refractivity (Wildman–Crippen MR) is 55.6 cm³/mol. The van der Waals surface area contributed by atoms with Crippen molar-refractivity contribution >= 4 is 5.69 Å². The van der Waals surface area contributed by atoms with Gasteiger partial charge in [-0.25, -0.2) is 0 Å². The molecule has 2 heteroatoms. The van der Waals surface area contributed by atoms with Gasteiger partial charge in [-0.1, -0.05) is 12.1 Å². The van der Waals surface area contributed by atoms with Crippen LogP contribution in [0.5, 0.6) is 0 Å². The van der Waals surface area contributed by atoms with Crippen molar-refractivity contribution in [3.8, 4) is 0 Å². The molecule has 0 saturated carbocycles. The lowest BCUT2D eigenvalue weighted by molar-refractivity contribution is 0.0192. The summed E-state index contributed by atoms with van der Waals surface area (Å²) in [5.74, 6) is 0. The molecule has 1 rings (SSSR count). The number of aryl methyl sites for hydroxylation is 1. The van der Waals surface area contributed by atoms with Crippen molar-refractivity contribution in [2.75, 3.05) is 12.8 Å². The minimum Gasteiger partial charge on any atom is -0.399 e. The van der Waals surface area contributed by atoms with Crippen molar-refractivity contribution in [2.45, 2.75) is 26.4 Å². The van der Waals surface area contributed by atoms with Gasteiger partial charge < -0.3 is 10.5 Å². The molecule has 0 spiro atoms. The first kappa shape index (κ1) is 10.1. The van der Waals surface area contributed by atoms with Crippen LogP contribution in [-0.4, -0.2) is 7.11 Å². The summed E-state index contributed by atoms with van der Waals surface area (Å²) in [5.41, 5.74) is 8.58. The van der Waals surface area contributed by atoms with Crippen molar-refractivity contribution in [1.29, 1.82) is 0 Å². The molecule has 0 amide bonds. The van der Waals surface area contributed by atoms with Crippen molar-refractivity contribution in [1.82, 2.24) is 0 Å². The second-order valence-corrected chi connectivity index (χ2v) is 3.79. The van der Waals surface area contributed by atoms with E-state index in [0.29, 0.717) is 0 Å². The van der Waals surface area contributed by atoms with E-state index in [1.807, 2.05) is 32.9 Å². The Balaban J connectivity index is 3.10. The molecule has 0 aliphatic rings. The lowest BCUT2D eigenvalue weighted by atomic mass is 9.96. The third kappa shape index (κ3) is 2.01. The fourth-order valence-electron chi connectivity index (χ4n) is 1.17. The second kappa shape index (κ2) is 3.38. The van der Waals surface area contributed by atoms with E-state index in [1.54, 1.807) is 7.11 Å². The lowest BCUT2D eigenvalue weighted by Gasteiger charge is -2.24. The van der Waals surface area contributed by atoms with E-state index < -0.39 is 0 Å². The molecule has 0 atom stereocenters. The summed E-state index contributed by atoms with van der Waals surface area (Å²) in [6.07, 6.45) is 0. The number of methoxy groups -OCH3 is 1. The van der Waals surface area contributed by atoms with Crippen LogP contribution in [0.15, 0.2) is 18.2 Å². The molecule has 2 nitrogen and oxygen atoms in total. The van der Waals surface area contributed by atoms with Gasteiger partial charge in [-0.2, -0.15) is 0 Å². The summed E-state index contributed by atoms with van der Waals surface area (Å²) in [5, 5.41) is 0. The van der Waals surface area contributed by atoms with E-state index in [0.717, 1.165) is 16.8 Å². The molecule has 1 aromatic rings. The molecule has 0 aromatic heterocycles. The summed E-state index contributed by atoms with van der Waals surface area (Å²) < 4.78 is 5.38. The van der Waals surface area contributed by atoms with Crippen molar-refractivity contribution in [3.05, 3.63) is 29.3 Å². The van der Waals surface area contributed by atoms with Crippen LogP contribution in [0.2, 0.25) is 0 Å². The van der Waals surface area contributed by atoms with Crippen LogP contribution >= 0.6 is 0 Å². The molecule has 0 bridgehead atoms. The Morgan fingerprint density at radius 2 is 1.92 bits per heavy atom. The average Bonchev–Trinajstić information content (AvgIpc) is 2.09. The zero-order valence-electron chi connectivity index (χ0n) is 8.72. The van der Waals surface area contributed by atoms with Gasteiger partial charge in [0, 0.05) is 12.8 Å². The first-order valence-corrected chi connectivity index (χ1v) is 4.39. The number of ether oxygens (including phenoxy) is 1. The van der Waals surface area contributed by atoms with E-state index in [9.17, 15) is 0 Å². The Bertz CT molecular complexity index is 305. The highest BCUT2D eigenvalue weighted by atomic mass is 16.5. The van der Waals surface area contributed by atoms with Gasteiger partial charge in [0.1, 0.15) is 0 Å². The normalized spacial score (nSPS) is 11.7. The van der Waals surface area contributed by atoms with Gasteiger partial charge >= 0.3 is 0 Å². The number of nitrogen functional groups attached to an aromatic ring is 1. The van der Waals surface area contributed by atoms with Gasteiger partial charge in [0.05, 0.1) is 5.60 Å². The quantitative estimate of drug-likeness (QED) is 0.708. The molecule has 0 fully saturated rings. The van der Waals surface area contributed by atoms with E-state index in [2.05, 4.69) is 6.07 Å². The summed E-state index contributed by atoms with van der Waals surface area (Å²) in [6, 6.07) is 6.00. The molecule has 1 aromatic carbocycles. The summed E-state index contributed by atoms with van der Waals surface area (Å²) in [7, 11) is 1.71. The Kier molecular flexibility index (Phi) is 2.62. The fraction of sp³-hybridized carbons (Fsp3) is 0.455. The number of hydrogen-bond donors (Lipinski definition) is 1. The van der Waals surface area contributed by atoms with Crippen LogP contribution in [0.25, 0.3) is 0 Å². The molecule has 2 N–H and O–H groups in total. The predicted octanol–water partition coefficient (Wildman–Crippen LogP) is 2.46. The first-order chi connectivity index (χ1) is 5.97. The van der Waals surface area contributed by atoms with E-state index in [4.69, 9.17) is 10.5 Å². The van der Waals surface area contributed by atoms with Crippen molar-refractivity contribution in [2.24, 2.45) is 0 Å². The highest BCUT2D eigenvalue weighted by molar-refractivity contribution is 5.48. The van der Waals surface area contributed by atoms with Crippen LogP contribution in [0, 0.1) is 6.92 Å². The maximum Gasteiger partial charge on any atom is 0.0871 e. The SMILES string of the molecule is COC(C)(C)c1ccc(N)c(C)c1. The van der Waals surface area contributed by atoms with Gasteiger partial charge in [0.2, 0.25) is 0 Å². The average molecular weight is 179 g/mol. The highest BCUT2D eigenvalue weighted by Gasteiger charge is 2.19. The Morgan fingerprint density at radius 1 is 1.31 bits per heavy atom.